The Morgan fingerprint density at radius 2 is 1.90 bits per heavy atom. The molecule has 1 aromatic rings. The van der Waals surface area contributed by atoms with Crippen LogP contribution in [0.4, 0.5) is 4.79 Å². The second-order valence-electron chi connectivity index (χ2n) is 8.82. The highest BCUT2D eigenvalue weighted by atomic mass is 16.6. The maximum Gasteiger partial charge on any atom is 0.325 e. The topological polar surface area (TPSA) is 87.7 Å². The van der Waals surface area contributed by atoms with Crippen LogP contribution in [-0.2, 0) is 21.0 Å². The first-order valence-corrected chi connectivity index (χ1v) is 10.4. The minimum Gasteiger partial charge on any atom is -0.323 e. The number of nitrogens with zero attached hydrogens (tertiary/aromatic N) is 1. The third-order valence-corrected chi connectivity index (χ3v) is 6.67. The number of rotatable bonds is 7. The summed E-state index contributed by atoms with van der Waals surface area (Å²) in [6, 6.07) is 8.91. The molecule has 0 bridgehead atoms. The van der Waals surface area contributed by atoms with Crippen LogP contribution in [0.2, 0.25) is 0 Å². The van der Waals surface area contributed by atoms with E-state index in [1.54, 1.807) is 0 Å². The summed E-state index contributed by atoms with van der Waals surface area (Å²) in [6.07, 6.45) is 4.11. The van der Waals surface area contributed by atoms with Crippen LogP contribution in [0.3, 0.4) is 0 Å². The Labute approximate surface area is 172 Å². The molecule has 29 heavy (non-hydrogen) atoms. The molecule has 0 atom stereocenters. The molecule has 2 fully saturated rings. The molecule has 2 aliphatic rings. The molecule has 1 aromatic carbocycles. The summed E-state index contributed by atoms with van der Waals surface area (Å²) in [4.78, 5) is 43.7. The number of nitrogens with one attached hydrogen (secondary N) is 2. The van der Waals surface area contributed by atoms with Crippen molar-refractivity contribution in [3.63, 3.8) is 0 Å². The first-order chi connectivity index (χ1) is 13.8. The fourth-order valence-corrected chi connectivity index (χ4v) is 4.29. The number of urea groups is 1. The Morgan fingerprint density at radius 3 is 2.52 bits per heavy atom. The van der Waals surface area contributed by atoms with Gasteiger partial charge in [0.1, 0.15) is 12.1 Å². The number of hydroxylamine groups is 1. The zero-order valence-electron chi connectivity index (χ0n) is 17.5. The monoisotopic (exact) mass is 401 g/mol. The molecule has 1 saturated carbocycles. The fourth-order valence-electron chi connectivity index (χ4n) is 4.29. The number of carbonyl (C=O) groups is 3. The first kappa shape index (κ1) is 21.3. The van der Waals surface area contributed by atoms with E-state index < -0.39 is 17.5 Å². The van der Waals surface area contributed by atoms with Crippen molar-refractivity contribution in [1.29, 1.82) is 0 Å². The van der Waals surface area contributed by atoms with Crippen LogP contribution in [0.1, 0.15) is 58.4 Å². The SMILES string of the molecule is CCC(C)(C)C1CCC2(CC1)NC(=O)N(CC(=O)NOCc1ccccc1)C2=O. The molecule has 1 aliphatic carbocycles. The highest BCUT2D eigenvalue weighted by Gasteiger charge is 2.53. The van der Waals surface area contributed by atoms with Crippen LogP contribution in [0.25, 0.3) is 0 Å². The van der Waals surface area contributed by atoms with Gasteiger partial charge in [0.15, 0.2) is 0 Å². The van der Waals surface area contributed by atoms with Gasteiger partial charge in [-0.1, -0.05) is 57.5 Å². The lowest BCUT2D eigenvalue weighted by atomic mass is 9.65. The quantitative estimate of drug-likeness (QED) is 0.543. The van der Waals surface area contributed by atoms with Crippen molar-refractivity contribution in [2.24, 2.45) is 11.3 Å². The maximum absolute atomic E-state index is 13.0. The summed E-state index contributed by atoms with van der Waals surface area (Å²) in [5, 5.41) is 2.86. The number of hydrogen-bond acceptors (Lipinski definition) is 4. The molecule has 0 unspecified atom stereocenters. The van der Waals surface area contributed by atoms with Gasteiger partial charge in [-0.15, -0.1) is 0 Å². The lowest BCUT2D eigenvalue weighted by molar-refractivity contribution is -0.141. The predicted octanol–water partition coefficient (Wildman–Crippen LogP) is 3.15. The van der Waals surface area contributed by atoms with Gasteiger partial charge in [-0.3, -0.25) is 19.3 Å². The van der Waals surface area contributed by atoms with Crippen molar-refractivity contribution in [3.8, 4) is 0 Å². The molecule has 158 valence electrons. The van der Waals surface area contributed by atoms with E-state index in [1.807, 2.05) is 30.3 Å². The van der Waals surface area contributed by atoms with Crippen LogP contribution < -0.4 is 10.8 Å². The molecule has 3 rings (SSSR count). The Kier molecular flexibility index (Phi) is 6.27. The smallest absolute Gasteiger partial charge is 0.323 e. The first-order valence-electron chi connectivity index (χ1n) is 10.4. The third kappa shape index (κ3) is 4.61. The molecule has 0 aromatic heterocycles. The van der Waals surface area contributed by atoms with E-state index >= 15 is 0 Å². The zero-order chi connectivity index (χ0) is 21.1. The summed E-state index contributed by atoms with van der Waals surface area (Å²) >= 11 is 0. The van der Waals surface area contributed by atoms with E-state index in [0.717, 1.165) is 29.7 Å². The largest absolute Gasteiger partial charge is 0.325 e. The van der Waals surface area contributed by atoms with Crippen LogP contribution in [0, 0.1) is 11.3 Å². The van der Waals surface area contributed by atoms with Gasteiger partial charge in [0.25, 0.3) is 11.8 Å². The van der Waals surface area contributed by atoms with Crippen LogP contribution in [-0.4, -0.2) is 34.8 Å². The summed E-state index contributed by atoms with van der Waals surface area (Å²) in [5.41, 5.74) is 2.59. The van der Waals surface area contributed by atoms with E-state index in [0.29, 0.717) is 18.8 Å². The van der Waals surface area contributed by atoms with Gasteiger partial charge >= 0.3 is 6.03 Å². The summed E-state index contributed by atoms with van der Waals surface area (Å²) in [6.45, 7) is 6.58. The Hall–Kier alpha value is -2.41. The van der Waals surface area contributed by atoms with Gasteiger partial charge < -0.3 is 5.32 Å². The van der Waals surface area contributed by atoms with Gasteiger partial charge in [0, 0.05) is 0 Å². The van der Waals surface area contributed by atoms with Gasteiger partial charge in [0.05, 0.1) is 6.61 Å². The van der Waals surface area contributed by atoms with Crippen molar-refractivity contribution >= 4 is 17.8 Å². The predicted molar refractivity (Wildman–Crippen MR) is 108 cm³/mol. The minimum absolute atomic E-state index is 0.214. The number of hydrogen-bond donors (Lipinski definition) is 2. The zero-order valence-corrected chi connectivity index (χ0v) is 17.5. The van der Waals surface area contributed by atoms with E-state index in [-0.39, 0.29) is 24.5 Å². The minimum atomic E-state index is -0.859. The van der Waals surface area contributed by atoms with Crippen molar-refractivity contribution in [2.75, 3.05) is 6.54 Å². The van der Waals surface area contributed by atoms with E-state index in [2.05, 4.69) is 31.6 Å². The number of carbonyl (C=O) groups excluding carboxylic acids is 3. The second kappa shape index (κ2) is 8.53. The molecule has 7 nitrogen and oxygen atoms in total. The van der Waals surface area contributed by atoms with E-state index in [1.165, 1.54) is 0 Å². The molecular formula is C22H31N3O4. The van der Waals surface area contributed by atoms with E-state index in [9.17, 15) is 14.4 Å². The van der Waals surface area contributed by atoms with Gasteiger partial charge in [-0.05, 0) is 42.6 Å². The molecular weight excluding hydrogens is 370 g/mol. The van der Waals surface area contributed by atoms with E-state index in [4.69, 9.17) is 4.84 Å². The lowest BCUT2D eigenvalue weighted by Gasteiger charge is -2.42. The second-order valence-corrected chi connectivity index (χ2v) is 8.82. The van der Waals surface area contributed by atoms with Gasteiger partial charge in [0.2, 0.25) is 0 Å². The van der Waals surface area contributed by atoms with Crippen molar-refractivity contribution in [1.82, 2.24) is 15.7 Å². The molecule has 7 heteroatoms. The third-order valence-electron chi connectivity index (χ3n) is 6.67. The number of imide groups is 1. The Balaban J connectivity index is 1.52. The van der Waals surface area contributed by atoms with Crippen LogP contribution in [0.15, 0.2) is 30.3 Å². The van der Waals surface area contributed by atoms with Gasteiger partial charge in [-0.25, -0.2) is 10.3 Å². The summed E-state index contributed by atoms with van der Waals surface area (Å²) in [5.74, 6) is -0.290. The standard InChI is InChI=1S/C22H31N3O4/c1-4-21(2,3)17-10-12-22(13-11-17)19(27)25(20(28)23-22)14-18(26)24-29-15-16-8-6-5-7-9-16/h5-9,17H,4,10-15H2,1-3H3,(H,23,28)(H,24,26). The molecule has 2 N–H and O–H groups in total. The summed E-state index contributed by atoms with van der Waals surface area (Å²) < 4.78 is 0. The van der Waals surface area contributed by atoms with Crippen molar-refractivity contribution in [3.05, 3.63) is 35.9 Å². The lowest BCUT2D eigenvalue weighted by Crippen LogP contribution is -2.51. The average Bonchev–Trinajstić information content (AvgIpc) is 2.93. The maximum atomic E-state index is 13.0. The molecule has 0 radical (unpaired) electrons. The van der Waals surface area contributed by atoms with Crippen molar-refractivity contribution < 1.29 is 19.2 Å². The van der Waals surface area contributed by atoms with Crippen LogP contribution in [0.5, 0.6) is 0 Å². The fraction of sp³-hybridized carbons (Fsp3) is 0.591. The average molecular weight is 402 g/mol. The molecule has 1 spiro atoms. The normalized spacial score (nSPS) is 24.7. The molecule has 1 saturated heterocycles. The molecule has 1 heterocycles. The van der Waals surface area contributed by atoms with Crippen LogP contribution >= 0.6 is 0 Å². The summed E-state index contributed by atoms with van der Waals surface area (Å²) in [7, 11) is 0. The Bertz CT molecular complexity index is 755. The highest BCUT2D eigenvalue weighted by Crippen LogP contribution is 2.45. The molecule has 1 aliphatic heterocycles. The number of amides is 4. The molecule has 4 amide bonds. The van der Waals surface area contributed by atoms with Crippen molar-refractivity contribution in [2.45, 2.75) is 65.0 Å². The Morgan fingerprint density at radius 1 is 1.24 bits per heavy atom. The van der Waals surface area contributed by atoms with Gasteiger partial charge in [-0.2, -0.15) is 0 Å². The number of benzene rings is 1. The highest BCUT2D eigenvalue weighted by molar-refractivity contribution is 6.09.